The lowest BCUT2D eigenvalue weighted by molar-refractivity contribution is -0.121. The Balaban J connectivity index is 2.39. The molecule has 1 aromatic rings. The largest absolute Gasteiger partial charge is 0.493 e. The van der Waals surface area contributed by atoms with Gasteiger partial charge in [-0.1, -0.05) is 31.5 Å². The molecule has 0 saturated carbocycles. The fraction of sp³-hybridized carbons (Fsp3) is 0.611. The average Bonchev–Trinajstić information content (AvgIpc) is 2.46. The molecule has 0 bridgehead atoms. The van der Waals surface area contributed by atoms with Crippen molar-refractivity contribution in [1.29, 1.82) is 0 Å². The zero-order chi connectivity index (χ0) is 16.5. The number of benzene rings is 1. The van der Waals surface area contributed by atoms with Crippen molar-refractivity contribution in [3.05, 3.63) is 29.3 Å². The lowest BCUT2D eigenvalue weighted by atomic mass is 9.98. The van der Waals surface area contributed by atoms with Gasteiger partial charge in [-0.3, -0.25) is 4.79 Å². The van der Waals surface area contributed by atoms with E-state index in [2.05, 4.69) is 0 Å². The molecule has 4 N–H and O–H groups in total. The smallest absolute Gasteiger partial charge is 0.149 e. The number of hydrogen-bond donors (Lipinski definition) is 2. The number of carbonyl (C=O) groups is 1. The van der Waals surface area contributed by atoms with Crippen molar-refractivity contribution in [1.82, 2.24) is 0 Å². The zero-order valence-electron chi connectivity index (χ0n) is 14.1. The minimum atomic E-state index is -0.366. The Bertz CT molecular complexity index is 454. The first-order valence-corrected chi connectivity index (χ1v) is 8.13. The number of nitrogens with two attached hydrogens (primary N) is 2. The maximum atomic E-state index is 12.1. The first-order chi connectivity index (χ1) is 10.5. The molecule has 0 radical (unpaired) electrons. The molecule has 0 heterocycles. The highest BCUT2D eigenvalue weighted by Crippen LogP contribution is 2.23. The van der Waals surface area contributed by atoms with Gasteiger partial charge >= 0.3 is 0 Å². The summed E-state index contributed by atoms with van der Waals surface area (Å²) < 4.78 is 5.90. The van der Waals surface area contributed by atoms with Gasteiger partial charge in [0.15, 0.2) is 0 Å². The second kappa shape index (κ2) is 9.59. The summed E-state index contributed by atoms with van der Waals surface area (Å²) >= 11 is 0. The molecule has 0 aliphatic heterocycles. The summed E-state index contributed by atoms with van der Waals surface area (Å²) in [6.45, 7) is 7.28. The molecular weight excluding hydrogens is 276 g/mol. The molecule has 124 valence electrons. The maximum absolute atomic E-state index is 12.1. The van der Waals surface area contributed by atoms with Crippen LogP contribution in [0, 0.1) is 19.8 Å². The Kier molecular flexibility index (Phi) is 8.13. The number of aryl methyl sites for hydroxylation is 2. The lowest BCUT2D eigenvalue weighted by Gasteiger charge is -2.17. The zero-order valence-corrected chi connectivity index (χ0v) is 14.1. The van der Waals surface area contributed by atoms with Crippen LogP contribution in [0.5, 0.6) is 5.75 Å². The van der Waals surface area contributed by atoms with Crippen LogP contribution in [0.4, 0.5) is 0 Å². The van der Waals surface area contributed by atoms with Crippen LogP contribution >= 0.6 is 0 Å². The second-order valence-corrected chi connectivity index (χ2v) is 6.20. The van der Waals surface area contributed by atoms with Crippen LogP contribution in [0.3, 0.4) is 0 Å². The van der Waals surface area contributed by atoms with E-state index >= 15 is 0 Å². The van der Waals surface area contributed by atoms with Gasteiger partial charge in [0.2, 0.25) is 0 Å². The van der Waals surface area contributed by atoms with E-state index in [1.807, 2.05) is 39.0 Å². The number of carbonyl (C=O) groups excluding carboxylic acids is 1. The number of ether oxygens (including phenoxy) is 1. The summed E-state index contributed by atoms with van der Waals surface area (Å²) in [5, 5.41) is 0. The summed E-state index contributed by atoms with van der Waals surface area (Å²) in [5.74, 6) is 1.20. The molecule has 4 heteroatoms. The van der Waals surface area contributed by atoms with Crippen LogP contribution in [-0.2, 0) is 4.79 Å². The molecule has 0 aliphatic carbocycles. The quantitative estimate of drug-likeness (QED) is 0.652. The highest BCUT2D eigenvalue weighted by molar-refractivity contribution is 5.83. The van der Waals surface area contributed by atoms with E-state index in [0.29, 0.717) is 19.6 Å². The van der Waals surface area contributed by atoms with Crippen LogP contribution in [-0.4, -0.2) is 25.0 Å². The Morgan fingerprint density at radius 3 is 2.45 bits per heavy atom. The van der Waals surface area contributed by atoms with Crippen LogP contribution in [0.2, 0.25) is 0 Å². The minimum absolute atomic E-state index is 0.120. The highest BCUT2D eigenvalue weighted by atomic mass is 16.5. The molecule has 2 atom stereocenters. The summed E-state index contributed by atoms with van der Waals surface area (Å²) in [6.07, 6.45) is 3.03. The van der Waals surface area contributed by atoms with Crippen LogP contribution in [0.15, 0.2) is 18.2 Å². The van der Waals surface area contributed by atoms with Crippen LogP contribution < -0.4 is 16.2 Å². The van der Waals surface area contributed by atoms with Gasteiger partial charge in [0.25, 0.3) is 0 Å². The van der Waals surface area contributed by atoms with E-state index in [9.17, 15) is 4.79 Å². The van der Waals surface area contributed by atoms with Gasteiger partial charge in [-0.05, 0) is 50.3 Å². The molecule has 1 unspecified atom stereocenters. The highest BCUT2D eigenvalue weighted by Gasteiger charge is 2.17. The van der Waals surface area contributed by atoms with Crippen LogP contribution in [0.25, 0.3) is 0 Å². The van der Waals surface area contributed by atoms with Crippen molar-refractivity contribution in [3.63, 3.8) is 0 Å². The molecule has 1 aromatic carbocycles. The van der Waals surface area contributed by atoms with Crippen molar-refractivity contribution >= 4 is 5.78 Å². The SMILES string of the molecule is Cc1cccc(C)c1OCC(C)CC(=O)[C@@H](N)CCCCN. The van der Waals surface area contributed by atoms with E-state index in [1.165, 1.54) is 0 Å². The Hall–Kier alpha value is -1.39. The topological polar surface area (TPSA) is 78.3 Å². The average molecular weight is 306 g/mol. The number of unbranched alkanes of at least 4 members (excludes halogenated alkanes) is 1. The van der Waals surface area contributed by atoms with Crippen molar-refractivity contribution in [2.45, 2.75) is 52.5 Å². The summed E-state index contributed by atoms with van der Waals surface area (Å²) in [5.41, 5.74) is 13.6. The number of rotatable bonds is 10. The van der Waals surface area contributed by atoms with Gasteiger partial charge in [-0.2, -0.15) is 0 Å². The van der Waals surface area contributed by atoms with Crippen LogP contribution in [0.1, 0.15) is 43.7 Å². The molecule has 0 fully saturated rings. The van der Waals surface area contributed by atoms with E-state index in [-0.39, 0.29) is 17.7 Å². The fourth-order valence-electron chi connectivity index (χ4n) is 2.48. The Morgan fingerprint density at radius 2 is 1.86 bits per heavy atom. The number of hydrogen-bond acceptors (Lipinski definition) is 4. The molecule has 0 spiro atoms. The number of Topliss-reactive ketones (excluding diaryl/α,β-unsaturated/α-hetero) is 1. The number of ketones is 1. The lowest BCUT2D eigenvalue weighted by Crippen LogP contribution is -2.32. The van der Waals surface area contributed by atoms with Crippen molar-refractivity contribution in [2.75, 3.05) is 13.2 Å². The van der Waals surface area contributed by atoms with Crippen molar-refractivity contribution < 1.29 is 9.53 Å². The summed E-state index contributed by atoms with van der Waals surface area (Å²) in [6, 6.07) is 5.72. The molecule has 0 amide bonds. The molecule has 0 aliphatic rings. The third-order valence-electron chi connectivity index (χ3n) is 3.85. The van der Waals surface area contributed by atoms with Gasteiger partial charge < -0.3 is 16.2 Å². The first kappa shape index (κ1) is 18.7. The third kappa shape index (κ3) is 6.16. The van der Waals surface area contributed by atoms with E-state index in [4.69, 9.17) is 16.2 Å². The number of para-hydroxylation sites is 1. The molecule has 22 heavy (non-hydrogen) atoms. The van der Waals surface area contributed by atoms with Gasteiger partial charge in [0.1, 0.15) is 11.5 Å². The molecule has 0 aromatic heterocycles. The monoisotopic (exact) mass is 306 g/mol. The van der Waals surface area contributed by atoms with E-state index in [0.717, 1.165) is 36.1 Å². The van der Waals surface area contributed by atoms with Gasteiger partial charge in [-0.25, -0.2) is 0 Å². The maximum Gasteiger partial charge on any atom is 0.149 e. The van der Waals surface area contributed by atoms with E-state index < -0.39 is 0 Å². The molecular formula is C18H30N2O2. The normalized spacial score (nSPS) is 13.7. The Morgan fingerprint density at radius 1 is 1.23 bits per heavy atom. The standard InChI is InChI=1S/C18H30N2O2/c1-13(11-17(21)16(20)9-4-5-10-19)12-22-18-14(2)7-6-8-15(18)3/h6-8,13,16H,4-5,9-12,19-20H2,1-3H3/t13?,16-/m0/s1. The molecule has 4 nitrogen and oxygen atoms in total. The first-order valence-electron chi connectivity index (χ1n) is 8.13. The molecule has 0 saturated heterocycles. The molecule has 1 rings (SSSR count). The van der Waals surface area contributed by atoms with E-state index in [1.54, 1.807) is 0 Å². The summed E-state index contributed by atoms with van der Waals surface area (Å²) in [7, 11) is 0. The Labute approximate surface area is 134 Å². The van der Waals surface area contributed by atoms with Gasteiger partial charge in [-0.15, -0.1) is 0 Å². The summed E-state index contributed by atoms with van der Waals surface area (Å²) in [4.78, 5) is 12.1. The van der Waals surface area contributed by atoms with Crippen molar-refractivity contribution in [3.8, 4) is 5.75 Å². The third-order valence-corrected chi connectivity index (χ3v) is 3.85. The van der Waals surface area contributed by atoms with Crippen molar-refractivity contribution in [2.24, 2.45) is 17.4 Å². The predicted octanol–water partition coefficient (Wildman–Crippen LogP) is 2.73. The van der Waals surface area contributed by atoms with Gasteiger partial charge in [0, 0.05) is 6.42 Å². The minimum Gasteiger partial charge on any atom is -0.493 e. The predicted molar refractivity (Wildman–Crippen MR) is 91.1 cm³/mol. The fourth-order valence-corrected chi connectivity index (χ4v) is 2.48. The second-order valence-electron chi connectivity index (χ2n) is 6.20. The van der Waals surface area contributed by atoms with Gasteiger partial charge in [0.05, 0.1) is 12.6 Å².